The van der Waals surface area contributed by atoms with Gasteiger partial charge in [-0.05, 0) is 38.9 Å². The van der Waals surface area contributed by atoms with Crippen molar-refractivity contribution in [1.82, 2.24) is 16.0 Å². The van der Waals surface area contributed by atoms with Gasteiger partial charge in [0.2, 0.25) is 0 Å². The van der Waals surface area contributed by atoms with Crippen molar-refractivity contribution >= 4 is 17.5 Å². The van der Waals surface area contributed by atoms with Gasteiger partial charge in [-0.25, -0.2) is 0 Å². The molecule has 0 aliphatic carbocycles. The van der Waals surface area contributed by atoms with Crippen LogP contribution in [0.15, 0.2) is 15.0 Å². The van der Waals surface area contributed by atoms with Crippen LogP contribution in [-0.2, 0) is 19.5 Å². The van der Waals surface area contributed by atoms with E-state index in [0.29, 0.717) is 0 Å². The number of hydrogen-bond acceptors (Lipinski definition) is 6. The van der Waals surface area contributed by atoms with Gasteiger partial charge < -0.3 is 30.9 Å². The van der Waals surface area contributed by atoms with Crippen LogP contribution >= 0.6 is 0 Å². The topological polar surface area (TPSA) is 73.2 Å². The second-order valence-corrected chi connectivity index (χ2v) is 7.03. The fourth-order valence-corrected chi connectivity index (χ4v) is 3.94. The minimum atomic E-state index is 0. The van der Waals surface area contributed by atoms with Crippen LogP contribution in [0.4, 0.5) is 0 Å². The summed E-state index contributed by atoms with van der Waals surface area (Å²) in [5.41, 5.74) is 0. The summed E-state index contributed by atoms with van der Waals surface area (Å²) in [7, 11) is 0. The Bertz CT molecular complexity index is 468. The maximum absolute atomic E-state index is 4.18. The molecule has 137 valence electrons. The smallest absolute Gasteiger partial charge is 0.450 e. The molecule has 3 N–H and O–H groups in total. The van der Waals surface area contributed by atoms with Crippen molar-refractivity contribution in [2.75, 3.05) is 19.6 Å². The monoisotopic (exact) mass is 429 g/mol. The molecule has 3 saturated heterocycles. The van der Waals surface area contributed by atoms with E-state index in [2.05, 4.69) is 30.9 Å². The summed E-state index contributed by atoms with van der Waals surface area (Å²) in [6.45, 7) is 9.43. The number of fused-ring (bicyclic) bond motifs is 3. The van der Waals surface area contributed by atoms with Gasteiger partial charge in [-0.15, -0.1) is 19.6 Å². The Morgan fingerprint density at radius 1 is 0.600 bits per heavy atom. The summed E-state index contributed by atoms with van der Waals surface area (Å²) in [4.78, 5) is 12.5. The van der Waals surface area contributed by atoms with Crippen molar-refractivity contribution in [2.24, 2.45) is 32.7 Å². The van der Waals surface area contributed by atoms with Gasteiger partial charge >= 0.3 is 19.5 Å². The Kier molecular flexibility index (Phi) is 6.52. The van der Waals surface area contributed by atoms with Crippen LogP contribution in [0.2, 0.25) is 0 Å². The van der Waals surface area contributed by atoms with Crippen LogP contribution in [-0.4, -0.2) is 37.1 Å². The Morgan fingerprint density at radius 2 is 0.920 bits per heavy atom. The van der Waals surface area contributed by atoms with Gasteiger partial charge in [-0.1, -0.05) is 54.5 Å². The van der Waals surface area contributed by atoms with Crippen LogP contribution in [0.25, 0.3) is 0 Å². The minimum Gasteiger partial charge on any atom is -0.450 e. The molecule has 6 nitrogen and oxygen atoms in total. The molecule has 6 rings (SSSR count). The van der Waals surface area contributed by atoms with Crippen LogP contribution in [0.3, 0.4) is 0 Å². The number of aliphatic imine (C=N–C) groups is 3. The summed E-state index contributed by atoms with van der Waals surface area (Å²) in [6.07, 6.45) is 7.37. The Labute approximate surface area is 163 Å². The molecule has 0 aromatic carbocycles. The molecule has 6 aliphatic rings. The Hall–Kier alpha value is -1.36. The van der Waals surface area contributed by atoms with E-state index < -0.39 is 0 Å². The molecule has 0 bridgehead atoms. The van der Waals surface area contributed by atoms with Gasteiger partial charge in [-0.3, -0.25) is 0 Å². The van der Waals surface area contributed by atoms with E-state index in [0.717, 1.165) is 37.4 Å². The van der Waals surface area contributed by atoms with E-state index in [1.54, 1.807) is 0 Å². The van der Waals surface area contributed by atoms with Gasteiger partial charge in [0.05, 0.1) is 0 Å². The van der Waals surface area contributed by atoms with Gasteiger partial charge in [0.15, 0.2) is 0 Å². The largest absolute Gasteiger partial charge is 3.00 e. The van der Waals surface area contributed by atoms with E-state index in [1.165, 1.54) is 56.0 Å². The Balaban J connectivity index is 0.000000107. The van der Waals surface area contributed by atoms with Gasteiger partial charge in [0.1, 0.15) is 0 Å². The van der Waals surface area contributed by atoms with Crippen molar-refractivity contribution in [3.05, 3.63) is 19.6 Å². The van der Waals surface area contributed by atoms with Crippen LogP contribution in [0, 0.1) is 37.4 Å². The van der Waals surface area contributed by atoms with Gasteiger partial charge in [-0.2, -0.15) is 0 Å². The molecule has 0 aromatic heterocycles. The second kappa shape index (κ2) is 8.84. The molecule has 0 saturated carbocycles. The molecular formula is C18H27N6Ru. The summed E-state index contributed by atoms with van der Waals surface area (Å²) in [5, 5.41) is 9.71. The first-order valence-corrected chi connectivity index (χ1v) is 9.30. The molecule has 0 spiro atoms. The third-order valence-corrected chi connectivity index (χ3v) is 5.42. The first-order valence-electron chi connectivity index (χ1n) is 9.30. The van der Waals surface area contributed by atoms with E-state index >= 15 is 0 Å². The fourth-order valence-electron chi connectivity index (χ4n) is 3.94. The van der Waals surface area contributed by atoms with Crippen molar-refractivity contribution in [3.8, 4) is 0 Å². The van der Waals surface area contributed by atoms with Gasteiger partial charge in [0, 0.05) is 0 Å². The predicted molar refractivity (Wildman–Crippen MR) is 97.4 cm³/mol. The maximum Gasteiger partial charge on any atom is 3.00 e. The summed E-state index contributed by atoms with van der Waals surface area (Å²) in [6, 6.07) is 0. The Morgan fingerprint density at radius 3 is 1.20 bits per heavy atom. The number of hydrogen-bond donors (Lipinski definition) is 3. The van der Waals surface area contributed by atoms with Crippen molar-refractivity contribution in [2.45, 2.75) is 38.5 Å². The number of rotatable bonds is 0. The average molecular weight is 429 g/mol. The minimum absolute atomic E-state index is 0. The standard InChI is InChI=1S/3C6H9N2.Ru/c3*1-3-7-6-5(1)2-4-8-6;/h3*3,5H,1-2,4H2,(H,7,8);/q3*-1;+3. The molecule has 3 fully saturated rings. The van der Waals surface area contributed by atoms with Crippen LogP contribution < -0.4 is 16.0 Å². The predicted octanol–water partition coefficient (Wildman–Crippen LogP) is 1.68. The van der Waals surface area contributed by atoms with Crippen LogP contribution in [0.1, 0.15) is 38.5 Å². The normalized spacial score (nSPS) is 31.7. The molecule has 3 atom stereocenters. The molecule has 0 aromatic rings. The zero-order chi connectivity index (χ0) is 16.2. The number of amidine groups is 3. The third-order valence-electron chi connectivity index (χ3n) is 5.42. The first kappa shape index (κ1) is 18.4. The third kappa shape index (κ3) is 4.44. The van der Waals surface area contributed by atoms with Crippen LogP contribution in [0.5, 0.6) is 0 Å². The van der Waals surface area contributed by atoms with E-state index in [9.17, 15) is 0 Å². The molecule has 0 amide bonds. The molecule has 6 aliphatic heterocycles. The van der Waals surface area contributed by atoms with E-state index in [1.807, 2.05) is 19.6 Å². The average Bonchev–Trinajstić information content (AvgIpc) is 3.33. The maximum atomic E-state index is 4.18. The molecule has 7 heteroatoms. The van der Waals surface area contributed by atoms with Crippen molar-refractivity contribution in [3.63, 3.8) is 0 Å². The zero-order valence-electron chi connectivity index (χ0n) is 14.5. The molecule has 6 heterocycles. The van der Waals surface area contributed by atoms with Crippen molar-refractivity contribution in [1.29, 1.82) is 0 Å². The second-order valence-electron chi connectivity index (χ2n) is 7.03. The number of nitrogens with zero attached hydrogens (tertiary/aromatic N) is 3. The summed E-state index contributed by atoms with van der Waals surface area (Å²) < 4.78 is 0. The molecule has 25 heavy (non-hydrogen) atoms. The van der Waals surface area contributed by atoms with Crippen molar-refractivity contribution < 1.29 is 19.5 Å². The fraction of sp³-hybridized carbons (Fsp3) is 0.667. The van der Waals surface area contributed by atoms with E-state index in [4.69, 9.17) is 0 Å². The molecule has 3 unspecified atom stereocenters. The molecule has 1 radical (unpaired) electrons. The summed E-state index contributed by atoms with van der Waals surface area (Å²) in [5.74, 6) is 5.96. The quantitative estimate of drug-likeness (QED) is 0.406. The van der Waals surface area contributed by atoms with Gasteiger partial charge in [0.25, 0.3) is 0 Å². The zero-order valence-corrected chi connectivity index (χ0v) is 16.3. The molecular weight excluding hydrogens is 401 g/mol. The first-order chi connectivity index (χ1) is 11.9. The number of nitrogens with one attached hydrogen (secondary N) is 3. The SMILES string of the molecule is [CH-]1CC2CCNC2=N1.[CH-]1CC2CCNC2=N1.[CH-]1CC2CCNC2=N1.[Ru+3]. The van der Waals surface area contributed by atoms with E-state index in [-0.39, 0.29) is 19.5 Å². The summed E-state index contributed by atoms with van der Waals surface area (Å²) >= 11 is 0.